The van der Waals surface area contributed by atoms with Gasteiger partial charge in [0, 0.05) is 11.9 Å². The van der Waals surface area contributed by atoms with Gasteiger partial charge in [-0.2, -0.15) is 0 Å². The third-order valence-electron chi connectivity index (χ3n) is 3.50. The molecule has 20 heavy (non-hydrogen) atoms. The van der Waals surface area contributed by atoms with E-state index in [-0.39, 0.29) is 11.5 Å². The molecular weight excluding hydrogens is 270 g/mol. The van der Waals surface area contributed by atoms with Crippen LogP contribution in [0.2, 0.25) is 0 Å². The zero-order valence-electron chi connectivity index (χ0n) is 12.6. The number of nitrogens with zero attached hydrogens (tertiary/aromatic N) is 2. The van der Waals surface area contributed by atoms with Crippen LogP contribution >= 0.6 is 11.6 Å². The summed E-state index contributed by atoms with van der Waals surface area (Å²) in [5.74, 6) is 1.49. The number of halogens is 1. The van der Waals surface area contributed by atoms with Crippen LogP contribution in [0.1, 0.15) is 32.9 Å². The van der Waals surface area contributed by atoms with Crippen LogP contribution in [0.15, 0.2) is 24.3 Å². The molecular formula is C16H22ClN3. The number of benzene rings is 1. The predicted octanol–water partition coefficient (Wildman–Crippen LogP) is 4.39. The second-order valence-electron chi connectivity index (χ2n) is 6.19. The maximum Gasteiger partial charge on any atom is 0.148 e. The number of fused-ring (bicyclic) bond motifs is 1. The number of alkyl halides is 1. The van der Waals surface area contributed by atoms with Crippen molar-refractivity contribution in [3.63, 3.8) is 0 Å². The van der Waals surface area contributed by atoms with Crippen molar-refractivity contribution >= 4 is 28.5 Å². The molecule has 2 rings (SSSR count). The van der Waals surface area contributed by atoms with Crippen molar-refractivity contribution in [2.45, 2.75) is 40.2 Å². The van der Waals surface area contributed by atoms with Gasteiger partial charge in [-0.25, -0.2) is 9.97 Å². The second kappa shape index (κ2) is 5.96. The van der Waals surface area contributed by atoms with E-state index in [9.17, 15) is 0 Å². The summed E-state index contributed by atoms with van der Waals surface area (Å²) in [4.78, 5) is 9.31. The Morgan fingerprint density at radius 2 is 1.75 bits per heavy atom. The maximum atomic E-state index is 5.93. The number of para-hydroxylation sites is 2. The maximum absolute atomic E-state index is 5.93. The molecule has 0 saturated carbocycles. The van der Waals surface area contributed by atoms with Crippen molar-refractivity contribution in [3.8, 4) is 0 Å². The largest absolute Gasteiger partial charge is 0.365 e. The summed E-state index contributed by atoms with van der Waals surface area (Å²) in [5.41, 5.74) is 2.89. The highest BCUT2D eigenvalue weighted by Crippen LogP contribution is 2.27. The number of rotatable bonds is 4. The van der Waals surface area contributed by atoms with Gasteiger partial charge in [-0.05, 0) is 30.9 Å². The van der Waals surface area contributed by atoms with Gasteiger partial charge in [-0.1, -0.05) is 32.9 Å². The van der Waals surface area contributed by atoms with Crippen LogP contribution in [0, 0.1) is 12.3 Å². The second-order valence-corrected chi connectivity index (χ2v) is 6.56. The fraction of sp³-hybridized carbons (Fsp3) is 0.500. The summed E-state index contributed by atoms with van der Waals surface area (Å²) in [7, 11) is 0. The molecule has 0 aliphatic carbocycles. The highest BCUT2D eigenvalue weighted by Gasteiger charge is 2.25. The molecule has 3 nitrogen and oxygen atoms in total. The van der Waals surface area contributed by atoms with Crippen molar-refractivity contribution < 1.29 is 0 Å². The van der Waals surface area contributed by atoms with Crippen LogP contribution in [0.4, 0.5) is 5.82 Å². The molecule has 4 heteroatoms. The lowest BCUT2D eigenvalue weighted by atomic mass is 9.85. The SMILES string of the molecule is Cc1nc2ccccc2nc1NC(CCCl)C(C)(C)C. The van der Waals surface area contributed by atoms with E-state index in [0.717, 1.165) is 29.0 Å². The fourth-order valence-corrected chi connectivity index (χ4v) is 2.44. The zero-order chi connectivity index (χ0) is 14.8. The molecule has 0 amide bonds. The fourth-order valence-electron chi connectivity index (χ4n) is 2.22. The molecule has 0 bridgehead atoms. The van der Waals surface area contributed by atoms with Gasteiger partial charge in [0.15, 0.2) is 0 Å². The molecule has 0 saturated heterocycles. The topological polar surface area (TPSA) is 37.8 Å². The molecule has 0 fully saturated rings. The molecule has 2 aromatic rings. The Labute approximate surface area is 125 Å². The number of nitrogens with one attached hydrogen (secondary N) is 1. The molecule has 1 heterocycles. The lowest BCUT2D eigenvalue weighted by molar-refractivity contribution is 0.334. The van der Waals surface area contributed by atoms with Gasteiger partial charge in [-0.15, -0.1) is 11.6 Å². The molecule has 1 N–H and O–H groups in total. The first-order valence-electron chi connectivity index (χ1n) is 6.97. The summed E-state index contributed by atoms with van der Waals surface area (Å²) >= 11 is 5.93. The number of hydrogen-bond donors (Lipinski definition) is 1. The monoisotopic (exact) mass is 291 g/mol. The first-order chi connectivity index (χ1) is 9.41. The molecule has 0 spiro atoms. The molecule has 1 aromatic carbocycles. The molecule has 0 aliphatic heterocycles. The average Bonchev–Trinajstić information content (AvgIpc) is 2.37. The highest BCUT2D eigenvalue weighted by molar-refractivity contribution is 6.17. The number of anilines is 1. The highest BCUT2D eigenvalue weighted by atomic mass is 35.5. The summed E-state index contributed by atoms with van der Waals surface area (Å²) in [6.45, 7) is 8.62. The number of hydrogen-bond acceptors (Lipinski definition) is 3. The number of aryl methyl sites for hydroxylation is 1. The van der Waals surface area contributed by atoms with E-state index in [0.29, 0.717) is 5.88 Å². The Balaban J connectivity index is 2.34. The third-order valence-corrected chi connectivity index (χ3v) is 3.72. The van der Waals surface area contributed by atoms with Gasteiger partial charge in [-0.3, -0.25) is 0 Å². The standard InChI is InChI=1S/C16H22ClN3/c1-11-15(20-14(9-10-17)16(2,3)4)19-13-8-6-5-7-12(13)18-11/h5-8,14H,9-10H2,1-4H3,(H,19,20). The van der Waals surface area contributed by atoms with Gasteiger partial charge < -0.3 is 5.32 Å². The van der Waals surface area contributed by atoms with E-state index in [2.05, 4.69) is 31.1 Å². The van der Waals surface area contributed by atoms with E-state index in [1.54, 1.807) is 0 Å². The van der Waals surface area contributed by atoms with Crippen LogP contribution in [-0.4, -0.2) is 21.9 Å². The van der Waals surface area contributed by atoms with Gasteiger partial charge in [0.25, 0.3) is 0 Å². The normalized spacial score (nSPS) is 13.4. The van der Waals surface area contributed by atoms with Crippen LogP contribution in [0.3, 0.4) is 0 Å². The Morgan fingerprint density at radius 1 is 1.15 bits per heavy atom. The van der Waals surface area contributed by atoms with E-state index in [1.165, 1.54) is 0 Å². The summed E-state index contributed by atoms with van der Waals surface area (Å²) in [5, 5.41) is 3.52. The molecule has 0 aliphatic rings. The summed E-state index contributed by atoms with van der Waals surface area (Å²) < 4.78 is 0. The van der Waals surface area contributed by atoms with Gasteiger partial charge >= 0.3 is 0 Å². The molecule has 1 atom stereocenters. The van der Waals surface area contributed by atoms with Gasteiger partial charge in [0.1, 0.15) is 5.82 Å². The zero-order valence-corrected chi connectivity index (χ0v) is 13.3. The average molecular weight is 292 g/mol. The Kier molecular flexibility index (Phi) is 4.48. The first-order valence-corrected chi connectivity index (χ1v) is 7.51. The minimum atomic E-state index is 0.120. The smallest absolute Gasteiger partial charge is 0.148 e. The van der Waals surface area contributed by atoms with Crippen molar-refractivity contribution in [2.24, 2.45) is 5.41 Å². The molecule has 0 radical (unpaired) electrons. The summed E-state index contributed by atoms with van der Waals surface area (Å²) in [6, 6.07) is 8.21. The first kappa shape index (κ1) is 15.0. The predicted molar refractivity (Wildman–Crippen MR) is 86.5 cm³/mol. The van der Waals surface area contributed by atoms with E-state index in [4.69, 9.17) is 16.6 Å². The minimum absolute atomic E-state index is 0.120. The van der Waals surface area contributed by atoms with Crippen molar-refractivity contribution in [1.82, 2.24) is 9.97 Å². The molecule has 108 valence electrons. The molecule has 1 aromatic heterocycles. The van der Waals surface area contributed by atoms with E-state index >= 15 is 0 Å². The van der Waals surface area contributed by atoms with E-state index < -0.39 is 0 Å². The lowest BCUT2D eigenvalue weighted by Crippen LogP contribution is -2.35. The summed E-state index contributed by atoms with van der Waals surface area (Å²) in [6.07, 6.45) is 0.902. The Morgan fingerprint density at radius 3 is 2.30 bits per heavy atom. The van der Waals surface area contributed by atoms with Crippen LogP contribution in [-0.2, 0) is 0 Å². The van der Waals surface area contributed by atoms with Gasteiger partial charge in [0.2, 0.25) is 0 Å². The number of aromatic nitrogens is 2. The quantitative estimate of drug-likeness (QED) is 0.849. The van der Waals surface area contributed by atoms with Crippen molar-refractivity contribution in [3.05, 3.63) is 30.0 Å². The van der Waals surface area contributed by atoms with Crippen molar-refractivity contribution in [2.75, 3.05) is 11.2 Å². The van der Waals surface area contributed by atoms with Gasteiger partial charge in [0.05, 0.1) is 16.7 Å². The lowest BCUT2D eigenvalue weighted by Gasteiger charge is -2.32. The van der Waals surface area contributed by atoms with Crippen molar-refractivity contribution in [1.29, 1.82) is 0 Å². The van der Waals surface area contributed by atoms with Crippen LogP contribution < -0.4 is 5.32 Å². The minimum Gasteiger partial charge on any atom is -0.365 e. The third kappa shape index (κ3) is 3.40. The Hall–Kier alpha value is -1.35. The Bertz CT molecular complexity index is 590. The van der Waals surface area contributed by atoms with E-state index in [1.807, 2.05) is 31.2 Å². The molecule has 1 unspecified atom stereocenters. The van der Waals surface area contributed by atoms with Crippen LogP contribution in [0.5, 0.6) is 0 Å². The van der Waals surface area contributed by atoms with Crippen LogP contribution in [0.25, 0.3) is 11.0 Å².